The number of para-hydroxylation sites is 2. The van der Waals surface area contributed by atoms with Crippen LogP contribution in [-0.4, -0.2) is 0 Å². The van der Waals surface area contributed by atoms with Gasteiger partial charge in [0.2, 0.25) is 0 Å². The van der Waals surface area contributed by atoms with Crippen LogP contribution >= 0.6 is 0 Å². The molecule has 0 aromatic heterocycles. The van der Waals surface area contributed by atoms with Gasteiger partial charge in [0.25, 0.3) is 0 Å². The van der Waals surface area contributed by atoms with Crippen LogP contribution in [0.1, 0.15) is 11.1 Å². The quantitative estimate of drug-likeness (QED) is 0.411. The van der Waals surface area contributed by atoms with E-state index in [1.807, 2.05) is 97.1 Å². The zero-order valence-electron chi connectivity index (χ0n) is 15.3. The fourth-order valence-corrected chi connectivity index (χ4v) is 2.65. The maximum Gasteiger partial charge on any atom is 0.0384 e. The molecular formula is C26H23N. The first-order valence-corrected chi connectivity index (χ1v) is 9.00. The Morgan fingerprint density at radius 1 is 0.444 bits per heavy atom. The summed E-state index contributed by atoms with van der Waals surface area (Å²) >= 11 is 0. The molecule has 0 amide bonds. The van der Waals surface area contributed by atoms with E-state index in [-0.39, 0.29) is 0 Å². The molecule has 1 heteroatoms. The average molecular weight is 349 g/mol. The minimum Gasteiger partial charge on any atom is -0.356 e. The summed E-state index contributed by atoms with van der Waals surface area (Å²) in [6.45, 7) is 4.10. The Kier molecular flexibility index (Phi) is 6.60. The van der Waals surface area contributed by atoms with E-state index in [1.54, 1.807) is 0 Å². The van der Waals surface area contributed by atoms with Crippen LogP contribution in [0.15, 0.2) is 128 Å². The van der Waals surface area contributed by atoms with Crippen molar-refractivity contribution in [2.24, 2.45) is 0 Å². The minimum absolute atomic E-state index is 1.08. The molecule has 0 aliphatic rings. The van der Waals surface area contributed by atoms with Crippen LogP contribution in [0, 0.1) is 0 Å². The molecule has 0 spiro atoms. The van der Waals surface area contributed by atoms with Gasteiger partial charge in [0, 0.05) is 11.4 Å². The molecule has 4 aromatic rings. The van der Waals surface area contributed by atoms with Gasteiger partial charge in [0.05, 0.1) is 0 Å². The van der Waals surface area contributed by atoms with Crippen molar-refractivity contribution in [3.63, 3.8) is 0 Å². The molecule has 0 aliphatic carbocycles. The Bertz CT molecular complexity index is 851. The maximum atomic E-state index is 4.10. The average Bonchev–Trinajstić information content (AvgIpc) is 2.76. The van der Waals surface area contributed by atoms with Crippen molar-refractivity contribution in [2.45, 2.75) is 0 Å². The first kappa shape index (κ1) is 18.2. The lowest BCUT2D eigenvalue weighted by atomic mass is 10.0. The maximum absolute atomic E-state index is 4.10. The topological polar surface area (TPSA) is 12.0 Å². The van der Waals surface area contributed by atoms with Crippen LogP contribution in [0.2, 0.25) is 0 Å². The highest BCUT2D eigenvalue weighted by Gasteiger charge is 1.99. The third-order valence-electron chi connectivity index (χ3n) is 4.08. The molecule has 0 aliphatic heterocycles. The molecule has 27 heavy (non-hydrogen) atoms. The van der Waals surface area contributed by atoms with Gasteiger partial charge in [-0.15, -0.1) is 0 Å². The van der Waals surface area contributed by atoms with E-state index in [1.165, 1.54) is 11.1 Å². The van der Waals surface area contributed by atoms with Gasteiger partial charge in [-0.25, -0.2) is 0 Å². The van der Waals surface area contributed by atoms with Gasteiger partial charge >= 0.3 is 0 Å². The summed E-state index contributed by atoms with van der Waals surface area (Å²) in [6, 6.07) is 40.8. The van der Waals surface area contributed by atoms with Crippen molar-refractivity contribution in [1.82, 2.24) is 0 Å². The molecule has 0 unspecified atom stereocenters. The largest absolute Gasteiger partial charge is 0.356 e. The smallest absolute Gasteiger partial charge is 0.0384 e. The molecule has 0 fully saturated rings. The predicted octanol–water partition coefficient (Wildman–Crippen LogP) is 7.18. The SMILES string of the molecule is C=C(c1ccccc1)c1ccccc1.c1ccc(Nc2ccccc2)cc1. The van der Waals surface area contributed by atoms with Crippen LogP contribution in [-0.2, 0) is 0 Å². The molecule has 1 N–H and O–H groups in total. The molecule has 4 rings (SSSR count). The van der Waals surface area contributed by atoms with Crippen molar-refractivity contribution in [2.75, 3.05) is 5.32 Å². The van der Waals surface area contributed by atoms with Gasteiger partial charge in [-0.05, 0) is 41.0 Å². The predicted molar refractivity (Wildman–Crippen MR) is 117 cm³/mol. The molecule has 132 valence electrons. The highest BCUT2D eigenvalue weighted by atomic mass is 14.9. The second-order valence-corrected chi connectivity index (χ2v) is 6.07. The molecule has 4 aromatic carbocycles. The lowest BCUT2D eigenvalue weighted by Crippen LogP contribution is -1.87. The molecule has 0 atom stereocenters. The summed E-state index contributed by atoms with van der Waals surface area (Å²) in [6.07, 6.45) is 0. The number of benzene rings is 4. The number of hydrogen-bond acceptors (Lipinski definition) is 1. The van der Waals surface area contributed by atoms with Gasteiger partial charge in [-0.2, -0.15) is 0 Å². The molecular weight excluding hydrogens is 326 g/mol. The van der Waals surface area contributed by atoms with Crippen molar-refractivity contribution in [3.8, 4) is 0 Å². The zero-order chi connectivity index (χ0) is 18.7. The number of anilines is 2. The standard InChI is InChI=1S/C14H12.C12H11N/c1-12(13-8-4-2-5-9-13)14-10-6-3-7-11-14;1-3-7-11(8-4-1)13-12-9-5-2-6-10-12/h2-11H,1H2;1-10,13H. The van der Waals surface area contributed by atoms with E-state index in [0.717, 1.165) is 16.9 Å². The zero-order valence-corrected chi connectivity index (χ0v) is 15.3. The summed E-state index contributed by atoms with van der Waals surface area (Å²) in [7, 11) is 0. The summed E-state index contributed by atoms with van der Waals surface area (Å²) in [5.41, 5.74) is 5.67. The minimum atomic E-state index is 1.08. The van der Waals surface area contributed by atoms with Crippen molar-refractivity contribution < 1.29 is 0 Å². The lowest BCUT2D eigenvalue weighted by Gasteiger charge is -2.04. The van der Waals surface area contributed by atoms with E-state index >= 15 is 0 Å². The van der Waals surface area contributed by atoms with Gasteiger partial charge in [-0.3, -0.25) is 0 Å². The molecule has 0 heterocycles. The summed E-state index contributed by atoms with van der Waals surface area (Å²) in [5.74, 6) is 0. The van der Waals surface area contributed by atoms with Gasteiger partial charge < -0.3 is 5.32 Å². The molecule has 0 saturated carbocycles. The van der Waals surface area contributed by atoms with Crippen LogP contribution in [0.25, 0.3) is 5.57 Å². The van der Waals surface area contributed by atoms with Crippen LogP contribution in [0.4, 0.5) is 11.4 Å². The third kappa shape index (κ3) is 5.72. The Morgan fingerprint density at radius 2 is 0.741 bits per heavy atom. The second kappa shape index (κ2) is 9.79. The van der Waals surface area contributed by atoms with Gasteiger partial charge in [0.15, 0.2) is 0 Å². The first-order valence-electron chi connectivity index (χ1n) is 9.00. The molecule has 0 saturated heterocycles. The Balaban J connectivity index is 0.000000156. The van der Waals surface area contributed by atoms with Crippen molar-refractivity contribution in [1.29, 1.82) is 0 Å². The monoisotopic (exact) mass is 349 g/mol. The van der Waals surface area contributed by atoms with Crippen molar-refractivity contribution in [3.05, 3.63) is 139 Å². The number of rotatable bonds is 4. The van der Waals surface area contributed by atoms with Crippen LogP contribution in [0.5, 0.6) is 0 Å². The number of nitrogens with one attached hydrogen (secondary N) is 1. The first-order chi connectivity index (χ1) is 13.3. The van der Waals surface area contributed by atoms with E-state index in [9.17, 15) is 0 Å². The second-order valence-electron chi connectivity index (χ2n) is 6.07. The molecule has 0 radical (unpaired) electrons. The molecule has 1 nitrogen and oxygen atoms in total. The Labute approximate surface area is 161 Å². The van der Waals surface area contributed by atoms with E-state index in [0.29, 0.717) is 0 Å². The fourth-order valence-electron chi connectivity index (χ4n) is 2.65. The highest BCUT2D eigenvalue weighted by molar-refractivity contribution is 5.77. The van der Waals surface area contributed by atoms with Crippen LogP contribution < -0.4 is 5.32 Å². The van der Waals surface area contributed by atoms with E-state index in [2.05, 4.69) is 36.2 Å². The third-order valence-corrected chi connectivity index (χ3v) is 4.08. The number of hydrogen-bond donors (Lipinski definition) is 1. The highest BCUT2D eigenvalue weighted by Crippen LogP contribution is 2.20. The Hall–Kier alpha value is -3.58. The Morgan fingerprint density at radius 3 is 1.07 bits per heavy atom. The van der Waals surface area contributed by atoms with E-state index < -0.39 is 0 Å². The normalized spacial score (nSPS) is 9.63. The summed E-state index contributed by atoms with van der Waals surface area (Å²) < 4.78 is 0. The fraction of sp³-hybridized carbons (Fsp3) is 0. The molecule has 0 bridgehead atoms. The van der Waals surface area contributed by atoms with Gasteiger partial charge in [-0.1, -0.05) is 104 Å². The van der Waals surface area contributed by atoms with Gasteiger partial charge in [0.1, 0.15) is 0 Å². The van der Waals surface area contributed by atoms with E-state index in [4.69, 9.17) is 0 Å². The summed E-state index contributed by atoms with van der Waals surface area (Å²) in [4.78, 5) is 0. The van der Waals surface area contributed by atoms with Crippen LogP contribution in [0.3, 0.4) is 0 Å². The van der Waals surface area contributed by atoms with Crippen molar-refractivity contribution >= 4 is 16.9 Å². The lowest BCUT2D eigenvalue weighted by molar-refractivity contribution is 1.55. The summed E-state index contributed by atoms with van der Waals surface area (Å²) in [5, 5.41) is 3.30.